The number of aromatic nitrogens is 1. The third-order valence-corrected chi connectivity index (χ3v) is 5.25. The number of nitrogens with zero attached hydrogens (tertiary/aromatic N) is 2. The van der Waals surface area contributed by atoms with E-state index in [1.165, 1.54) is 22.9 Å². The first kappa shape index (κ1) is 16.9. The van der Waals surface area contributed by atoms with Crippen LogP contribution in [-0.4, -0.2) is 30.6 Å². The summed E-state index contributed by atoms with van der Waals surface area (Å²) in [5.41, 5.74) is 3.61. The number of para-hydroxylation sites is 1. The number of fused-ring (bicyclic) bond motifs is 1. The number of hydrogen-bond acceptors (Lipinski definition) is 4. The summed E-state index contributed by atoms with van der Waals surface area (Å²) in [6.45, 7) is 1.98. The molecule has 0 saturated carbocycles. The van der Waals surface area contributed by atoms with Crippen molar-refractivity contribution in [1.29, 1.82) is 0 Å². The standard InChI is InChI=1S/C22H24N2O2/c1-25-18-10-11-19(21(14-18)26-2)20-9-5-13-24(20)15-17-7-3-6-16-8-4-12-23-22(16)17/h3-4,6-8,10-12,14,20H,5,9,13,15H2,1-2H3/t20-/m1/s1. The third kappa shape index (κ3) is 3.13. The molecule has 1 aromatic heterocycles. The van der Waals surface area contributed by atoms with Gasteiger partial charge in [-0.25, -0.2) is 0 Å². The van der Waals surface area contributed by atoms with Crippen LogP contribution in [0.25, 0.3) is 10.9 Å². The Morgan fingerprint density at radius 2 is 1.96 bits per heavy atom. The molecule has 134 valence electrons. The molecular weight excluding hydrogens is 324 g/mol. The Morgan fingerprint density at radius 3 is 2.81 bits per heavy atom. The monoisotopic (exact) mass is 348 g/mol. The highest BCUT2D eigenvalue weighted by Gasteiger charge is 2.29. The first-order chi connectivity index (χ1) is 12.8. The Hall–Kier alpha value is -2.59. The van der Waals surface area contributed by atoms with Crippen molar-refractivity contribution in [1.82, 2.24) is 9.88 Å². The predicted octanol–water partition coefficient (Wildman–Crippen LogP) is 4.59. The van der Waals surface area contributed by atoms with Crippen molar-refractivity contribution in [3.8, 4) is 11.5 Å². The van der Waals surface area contributed by atoms with Gasteiger partial charge in [-0.2, -0.15) is 0 Å². The first-order valence-electron chi connectivity index (χ1n) is 9.09. The lowest BCUT2D eigenvalue weighted by Crippen LogP contribution is -2.23. The average molecular weight is 348 g/mol. The molecular formula is C22H24N2O2. The Kier molecular flexibility index (Phi) is 4.76. The summed E-state index contributed by atoms with van der Waals surface area (Å²) in [5.74, 6) is 1.73. The molecule has 4 heteroatoms. The third-order valence-electron chi connectivity index (χ3n) is 5.25. The second-order valence-electron chi connectivity index (χ2n) is 6.73. The molecule has 0 N–H and O–H groups in total. The molecule has 2 heterocycles. The van der Waals surface area contributed by atoms with Gasteiger partial charge in [0, 0.05) is 35.8 Å². The smallest absolute Gasteiger partial charge is 0.127 e. The highest BCUT2D eigenvalue weighted by Crippen LogP contribution is 2.39. The summed E-state index contributed by atoms with van der Waals surface area (Å²) in [4.78, 5) is 7.15. The van der Waals surface area contributed by atoms with Gasteiger partial charge < -0.3 is 9.47 Å². The van der Waals surface area contributed by atoms with Gasteiger partial charge in [-0.3, -0.25) is 9.88 Å². The molecule has 0 radical (unpaired) electrons. The van der Waals surface area contributed by atoms with E-state index in [0.29, 0.717) is 6.04 Å². The van der Waals surface area contributed by atoms with Gasteiger partial charge in [-0.15, -0.1) is 0 Å². The van der Waals surface area contributed by atoms with Gasteiger partial charge in [0.1, 0.15) is 11.5 Å². The zero-order valence-corrected chi connectivity index (χ0v) is 15.3. The van der Waals surface area contributed by atoms with E-state index in [1.54, 1.807) is 14.2 Å². The van der Waals surface area contributed by atoms with Crippen LogP contribution >= 0.6 is 0 Å². The summed E-state index contributed by atoms with van der Waals surface area (Å²) < 4.78 is 11.0. The van der Waals surface area contributed by atoms with Crippen LogP contribution in [0, 0.1) is 0 Å². The maximum Gasteiger partial charge on any atom is 0.127 e. The van der Waals surface area contributed by atoms with Crippen LogP contribution < -0.4 is 9.47 Å². The molecule has 1 fully saturated rings. The average Bonchev–Trinajstić information content (AvgIpc) is 3.15. The first-order valence-corrected chi connectivity index (χ1v) is 9.09. The van der Waals surface area contributed by atoms with Gasteiger partial charge in [-0.1, -0.05) is 30.3 Å². The van der Waals surface area contributed by atoms with Crippen LogP contribution in [0.15, 0.2) is 54.7 Å². The number of ether oxygens (including phenoxy) is 2. The largest absolute Gasteiger partial charge is 0.497 e. The van der Waals surface area contributed by atoms with Crippen molar-refractivity contribution in [2.75, 3.05) is 20.8 Å². The number of rotatable bonds is 5. The van der Waals surface area contributed by atoms with Crippen LogP contribution in [-0.2, 0) is 6.54 Å². The van der Waals surface area contributed by atoms with Crippen LogP contribution in [0.5, 0.6) is 11.5 Å². The topological polar surface area (TPSA) is 34.6 Å². The van der Waals surface area contributed by atoms with E-state index in [-0.39, 0.29) is 0 Å². The van der Waals surface area contributed by atoms with Crippen LogP contribution in [0.2, 0.25) is 0 Å². The molecule has 1 atom stereocenters. The Balaban J connectivity index is 1.65. The summed E-state index contributed by atoms with van der Waals surface area (Å²) in [6, 6.07) is 17.1. The van der Waals surface area contributed by atoms with Crippen molar-refractivity contribution >= 4 is 10.9 Å². The Labute approximate surface area is 154 Å². The van der Waals surface area contributed by atoms with E-state index in [0.717, 1.165) is 36.5 Å². The molecule has 1 saturated heterocycles. The van der Waals surface area contributed by atoms with Crippen molar-refractivity contribution in [2.24, 2.45) is 0 Å². The Bertz CT molecular complexity index is 904. The van der Waals surface area contributed by atoms with Gasteiger partial charge in [0.25, 0.3) is 0 Å². The van der Waals surface area contributed by atoms with E-state index >= 15 is 0 Å². The molecule has 0 bridgehead atoms. The van der Waals surface area contributed by atoms with Crippen molar-refractivity contribution < 1.29 is 9.47 Å². The summed E-state index contributed by atoms with van der Waals surface area (Å²) in [6.07, 6.45) is 4.21. The quantitative estimate of drug-likeness (QED) is 0.675. The molecule has 0 aliphatic carbocycles. The fraction of sp³-hybridized carbons (Fsp3) is 0.318. The number of benzene rings is 2. The maximum atomic E-state index is 5.65. The molecule has 1 aliphatic rings. The van der Waals surface area contributed by atoms with E-state index in [4.69, 9.17) is 9.47 Å². The molecule has 0 amide bonds. The summed E-state index contributed by atoms with van der Waals surface area (Å²) in [5, 5.41) is 1.20. The molecule has 4 rings (SSSR count). The summed E-state index contributed by atoms with van der Waals surface area (Å²) >= 11 is 0. The Morgan fingerprint density at radius 1 is 1.08 bits per heavy atom. The van der Waals surface area contributed by atoms with Crippen LogP contribution in [0.4, 0.5) is 0 Å². The normalized spacial score (nSPS) is 17.5. The minimum absolute atomic E-state index is 0.356. The highest BCUT2D eigenvalue weighted by molar-refractivity contribution is 5.81. The highest BCUT2D eigenvalue weighted by atomic mass is 16.5. The number of pyridine rings is 1. The second kappa shape index (κ2) is 7.34. The molecule has 4 nitrogen and oxygen atoms in total. The predicted molar refractivity (Wildman–Crippen MR) is 104 cm³/mol. The number of likely N-dealkylation sites (tertiary alicyclic amines) is 1. The lowest BCUT2D eigenvalue weighted by molar-refractivity contribution is 0.243. The lowest BCUT2D eigenvalue weighted by atomic mass is 10.0. The van der Waals surface area contributed by atoms with E-state index in [1.807, 2.05) is 24.4 Å². The molecule has 3 aromatic rings. The zero-order valence-electron chi connectivity index (χ0n) is 15.3. The second-order valence-corrected chi connectivity index (χ2v) is 6.73. The molecule has 0 unspecified atom stereocenters. The summed E-state index contributed by atoms with van der Waals surface area (Å²) in [7, 11) is 3.41. The fourth-order valence-electron chi connectivity index (χ4n) is 3.98. The van der Waals surface area contributed by atoms with Crippen molar-refractivity contribution in [3.63, 3.8) is 0 Å². The van der Waals surface area contributed by atoms with E-state index in [2.05, 4.69) is 40.2 Å². The minimum Gasteiger partial charge on any atom is -0.497 e. The SMILES string of the molecule is COc1ccc([C@H]2CCCN2Cc2cccc3cccnc23)c(OC)c1. The molecule has 0 spiro atoms. The van der Waals surface area contributed by atoms with E-state index < -0.39 is 0 Å². The van der Waals surface area contributed by atoms with Crippen LogP contribution in [0.1, 0.15) is 30.0 Å². The van der Waals surface area contributed by atoms with Crippen molar-refractivity contribution in [2.45, 2.75) is 25.4 Å². The fourth-order valence-corrected chi connectivity index (χ4v) is 3.98. The minimum atomic E-state index is 0.356. The molecule has 26 heavy (non-hydrogen) atoms. The van der Waals surface area contributed by atoms with Crippen LogP contribution in [0.3, 0.4) is 0 Å². The van der Waals surface area contributed by atoms with Gasteiger partial charge >= 0.3 is 0 Å². The van der Waals surface area contributed by atoms with Gasteiger partial charge in [0.2, 0.25) is 0 Å². The number of methoxy groups -OCH3 is 2. The molecule has 1 aliphatic heterocycles. The van der Waals surface area contributed by atoms with E-state index in [9.17, 15) is 0 Å². The lowest BCUT2D eigenvalue weighted by Gasteiger charge is -2.26. The number of hydrogen-bond donors (Lipinski definition) is 0. The zero-order chi connectivity index (χ0) is 17.9. The van der Waals surface area contributed by atoms with Gasteiger partial charge in [0.15, 0.2) is 0 Å². The van der Waals surface area contributed by atoms with Gasteiger partial charge in [0.05, 0.1) is 19.7 Å². The van der Waals surface area contributed by atoms with Gasteiger partial charge in [-0.05, 0) is 37.1 Å². The molecule has 2 aromatic carbocycles. The van der Waals surface area contributed by atoms with Crippen molar-refractivity contribution in [3.05, 3.63) is 65.9 Å². The maximum absolute atomic E-state index is 5.65.